The van der Waals surface area contributed by atoms with E-state index in [4.69, 9.17) is 4.74 Å². The molecule has 96 valence electrons. The van der Waals surface area contributed by atoms with E-state index in [0.717, 1.165) is 0 Å². The van der Waals surface area contributed by atoms with Crippen molar-refractivity contribution in [2.75, 3.05) is 7.11 Å². The minimum absolute atomic E-state index is 0.0295. The fourth-order valence-corrected chi connectivity index (χ4v) is 1.64. The highest BCUT2D eigenvalue weighted by Gasteiger charge is 2.26. The molecule has 0 radical (unpaired) electrons. The number of ether oxygens (including phenoxy) is 1. The molecule has 1 aromatic rings. The number of carbonyl (C=O) groups excluding carboxylic acids is 1. The van der Waals surface area contributed by atoms with Gasteiger partial charge in [-0.15, -0.1) is 0 Å². The molecule has 1 rings (SSSR count). The Balaban J connectivity index is 3.18. The van der Waals surface area contributed by atoms with Crippen LogP contribution in [-0.4, -0.2) is 22.7 Å². The van der Waals surface area contributed by atoms with Crippen molar-refractivity contribution < 1.29 is 9.53 Å². The van der Waals surface area contributed by atoms with Gasteiger partial charge in [0, 0.05) is 12.0 Å². The molecule has 1 heterocycles. The maximum atomic E-state index is 12.4. The van der Waals surface area contributed by atoms with Crippen LogP contribution >= 0.6 is 0 Å². The molecule has 1 aromatic heterocycles. The van der Waals surface area contributed by atoms with E-state index >= 15 is 0 Å². The topological polar surface area (TPSA) is 44.1 Å². The number of hydrogen-bond donors (Lipinski definition) is 0. The summed E-state index contributed by atoms with van der Waals surface area (Å²) in [6.45, 7) is 10.0. The quantitative estimate of drug-likeness (QED) is 0.741. The third-order valence-corrected chi connectivity index (χ3v) is 3.12. The van der Waals surface area contributed by atoms with E-state index in [1.54, 1.807) is 18.0 Å². The average molecular weight is 238 g/mol. The lowest BCUT2D eigenvalue weighted by molar-refractivity contribution is 0.0883. The SMILES string of the molecule is COc1cnn(C(C)C)c1C(=O)C(C)C(C)C. The summed E-state index contributed by atoms with van der Waals surface area (Å²) in [5.74, 6) is 0.945. The van der Waals surface area contributed by atoms with Crippen molar-refractivity contribution in [3.63, 3.8) is 0 Å². The fraction of sp³-hybridized carbons (Fsp3) is 0.692. The number of hydrogen-bond acceptors (Lipinski definition) is 3. The van der Waals surface area contributed by atoms with E-state index in [0.29, 0.717) is 17.4 Å². The number of Topliss-reactive ketones (excluding diaryl/α,β-unsaturated/α-hetero) is 1. The molecule has 0 aliphatic carbocycles. The van der Waals surface area contributed by atoms with Crippen LogP contribution in [0, 0.1) is 11.8 Å². The zero-order chi connectivity index (χ0) is 13.2. The summed E-state index contributed by atoms with van der Waals surface area (Å²) in [6, 6.07) is 0.150. The molecule has 1 unspecified atom stereocenters. The molecule has 4 nitrogen and oxygen atoms in total. The summed E-state index contributed by atoms with van der Waals surface area (Å²) < 4.78 is 6.96. The normalized spacial score (nSPS) is 13.2. The number of ketones is 1. The molecule has 1 atom stereocenters. The van der Waals surface area contributed by atoms with Crippen LogP contribution in [0.2, 0.25) is 0 Å². The smallest absolute Gasteiger partial charge is 0.187 e. The second-order valence-electron chi connectivity index (χ2n) is 5.00. The lowest BCUT2D eigenvalue weighted by atomic mass is 9.91. The number of nitrogens with zero attached hydrogens (tertiary/aromatic N) is 2. The third-order valence-electron chi connectivity index (χ3n) is 3.12. The Labute approximate surface area is 103 Å². The fourth-order valence-electron chi connectivity index (χ4n) is 1.64. The zero-order valence-electron chi connectivity index (χ0n) is 11.5. The first-order valence-corrected chi connectivity index (χ1v) is 6.05. The second kappa shape index (κ2) is 5.34. The molecule has 0 saturated heterocycles. The Hall–Kier alpha value is -1.32. The molecule has 0 bridgehead atoms. The van der Waals surface area contributed by atoms with Crippen molar-refractivity contribution in [3.8, 4) is 5.75 Å². The van der Waals surface area contributed by atoms with Crippen LogP contribution in [-0.2, 0) is 0 Å². The first-order valence-electron chi connectivity index (χ1n) is 6.05. The van der Waals surface area contributed by atoms with Crippen LogP contribution < -0.4 is 4.74 Å². The summed E-state index contributed by atoms with van der Waals surface area (Å²) in [4.78, 5) is 12.4. The van der Waals surface area contributed by atoms with Gasteiger partial charge in [-0.25, -0.2) is 0 Å². The van der Waals surface area contributed by atoms with Crippen molar-refractivity contribution in [3.05, 3.63) is 11.9 Å². The molecule has 4 heteroatoms. The Kier molecular flexibility index (Phi) is 4.32. The second-order valence-corrected chi connectivity index (χ2v) is 5.00. The molecule has 0 saturated carbocycles. The van der Waals surface area contributed by atoms with Crippen LogP contribution in [0.25, 0.3) is 0 Å². The van der Waals surface area contributed by atoms with Gasteiger partial charge < -0.3 is 4.74 Å². The van der Waals surface area contributed by atoms with E-state index in [9.17, 15) is 4.79 Å². The zero-order valence-corrected chi connectivity index (χ0v) is 11.5. The molecule has 0 aliphatic rings. The summed E-state index contributed by atoms with van der Waals surface area (Å²) in [7, 11) is 1.57. The highest BCUT2D eigenvalue weighted by Crippen LogP contribution is 2.26. The maximum Gasteiger partial charge on any atom is 0.187 e. The van der Waals surface area contributed by atoms with Gasteiger partial charge in [-0.2, -0.15) is 5.10 Å². The molecule has 0 N–H and O–H groups in total. The molecular formula is C13H22N2O2. The van der Waals surface area contributed by atoms with Gasteiger partial charge in [0.15, 0.2) is 11.5 Å². The van der Waals surface area contributed by atoms with Gasteiger partial charge in [0.05, 0.1) is 13.3 Å². The van der Waals surface area contributed by atoms with Gasteiger partial charge in [-0.05, 0) is 19.8 Å². The molecule has 17 heavy (non-hydrogen) atoms. The van der Waals surface area contributed by atoms with E-state index in [2.05, 4.69) is 5.10 Å². The highest BCUT2D eigenvalue weighted by atomic mass is 16.5. The van der Waals surface area contributed by atoms with Gasteiger partial charge in [0.1, 0.15) is 5.69 Å². The predicted molar refractivity (Wildman–Crippen MR) is 67.5 cm³/mol. The lowest BCUT2D eigenvalue weighted by Crippen LogP contribution is -2.22. The number of methoxy groups -OCH3 is 1. The van der Waals surface area contributed by atoms with E-state index in [1.165, 1.54) is 0 Å². The van der Waals surface area contributed by atoms with Gasteiger partial charge in [-0.3, -0.25) is 9.48 Å². The number of rotatable bonds is 5. The van der Waals surface area contributed by atoms with Crippen molar-refractivity contribution in [2.45, 2.75) is 40.7 Å². The Bertz CT molecular complexity index is 394. The van der Waals surface area contributed by atoms with E-state index < -0.39 is 0 Å². The summed E-state index contributed by atoms with van der Waals surface area (Å²) >= 11 is 0. The standard InChI is InChI=1S/C13H22N2O2/c1-8(2)10(5)13(16)12-11(17-6)7-14-15(12)9(3)4/h7-10H,1-6H3. The Morgan fingerprint density at radius 1 is 1.29 bits per heavy atom. The summed E-state index contributed by atoms with van der Waals surface area (Å²) in [6.07, 6.45) is 1.61. The van der Waals surface area contributed by atoms with Crippen LogP contribution in [0.15, 0.2) is 6.20 Å². The Morgan fingerprint density at radius 3 is 2.29 bits per heavy atom. The molecule has 0 spiro atoms. The Morgan fingerprint density at radius 2 is 1.88 bits per heavy atom. The minimum atomic E-state index is -0.0295. The van der Waals surface area contributed by atoms with Crippen molar-refractivity contribution in [1.29, 1.82) is 0 Å². The van der Waals surface area contributed by atoms with Crippen molar-refractivity contribution in [1.82, 2.24) is 9.78 Å². The first-order chi connectivity index (χ1) is 7.90. The van der Waals surface area contributed by atoms with Gasteiger partial charge in [0.2, 0.25) is 0 Å². The van der Waals surface area contributed by atoms with Crippen LogP contribution in [0.5, 0.6) is 5.75 Å². The van der Waals surface area contributed by atoms with Gasteiger partial charge in [0.25, 0.3) is 0 Å². The van der Waals surface area contributed by atoms with Gasteiger partial charge in [-0.1, -0.05) is 20.8 Å². The average Bonchev–Trinajstić information content (AvgIpc) is 2.70. The predicted octanol–water partition coefficient (Wildman–Crippen LogP) is 2.95. The minimum Gasteiger partial charge on any atom is -0.493 e. The third kappa shape index (κ3) is 2.68. The first kappa shape index (κ1) is 13.7. The summed E-state index contributed by atoms with van der Waals surface area (Å²) in [5, 5.41) is 4.22. The molecule has 0 fully saturated rings. The molecule has 0 aliphatic heterocycles. The number of aromatic nitrogens is 2. The lowest BCUT2D eigenvalue weighted by Gasteiger charge is -2.17. The van der Waals surface area contributed by atoms with Crippen LogP contribution in [0.1, 0.15) is 51.1 Å². The summed E-state index contributed by atoms with van der Waals surface area (Å²) in [5.41, 5.74) is 0.587. The molecular weight excluding hydrogens is 216 g/mol. The maximum absolute atomic E-state index is 12.4. The van der Waals surface area contributed by atoms with Crippen molar-refractivity contribution >= 4 is 5.78 Å². The monoisotopic (exact) mass is 238 g/mol. The van der Waals surface area contributed by atoms with Crippen molar-refractivity contribution in [2.24, 2.45) is 11.8 Å². The van der Waals surface area contributed by atoms with Crippen LogP contribution in [0.3, 0.4) is 0 Å². The van der Waals surface area contributed by atoms with E-state index in [1.807, 2.05) is 34.6 Å². The van der Waals surface area contributed by atoms with Crippen LogP contribution in [0.4, 0.5) is 0 Å². The van der Waals surface area contributed by atoms with E-state index in [-0.39, 0.29) is 17.7 Å². The number of carbonyl (C=O) groups is 1. The molecule has 0 aromatic carbocycles. The highest BCUT2D eigenvalue weighted by molar-refractivity contribution is 5.98. The van der Waals surface area contributed by atoms with Gasteiger partial charge >= 0.3 is 0 Å². The molecule has 0 amide bonds. The largest absolute Gasteiger partial charge is 0.493 e.